The van der Waals surface area contributed by atoms with Gasteiger partial charge in [-0.3, -0.25) is 0 Å². The van der Waals surface area contributed by atoms with Crippen LogP contribution in [0, 0.1) is 0 Å². The van der Waals surface area contributed by atoms with Crippen molar-refractivity contribution >= 4 is 0 Å². The lowest BCUT2D eigenvalue weighted by Gasteiger charge is -2.03. The number of aromatic nitrogens is 2. The van der Waals surface area contributed by atoms with Gasteiger partial charge in [0.1, 0.15) is 5.75 Å². The predicted molar refractivity (Wildman–Crippen MR) is 67.9 cm³/mol. The van der Waals surface area contributed by atoms with Crippen molar-refractivity contribution in [1.29, 1.82) is 0 Å². The molecule has 1 aromatic carbocycles. The molecular weight excluding hydrogens is 230 g/mol. The van der Waals surface area contributed by atoms with Gasteiger partial charge < -0.3 is 15.4 Å². The molecule has 2 rings (SSSR count). The van der Waals surface area contributed by atoms with Gasteiger partial charge in [0.2, 0.25) is 11.7 Å². The molecule has 3 N–H and O–H groups in total. The van der Waals surface area contributed by atoms with E-state index in [-0.39, 0.29) is 11.8 Å². The van der Waals surface area contributed by atoms with Crippen LogP contribution >= 0.6 is 0 Å². The molecule has 0 aliphatic rings. The first-order chi connectivity index (χ1) is 8.70. The van der Waals surface area contributed by atoms with Gasteiger partial charge in [-0.05, 0) is 18.6 Å². The number of rotatable bonds is 5. The normalized spacial score (nSPS) is 12.6. The van der Waals surface area contributed by atoms with Crippen molar-refractivity contribution in [2.75, 3.05) is 0 Å². The highest BCUT2D eigenvalue weighted by Gasteiger charge is 2.15. The molecule has 1 unspecified atom stereocenters. The summed E-state index contributed by atoms with van der Waals surface area (Å²) in [6.45, 7) is 2.11. The highest BCUT2D eigenvalue weighted by molar-refractivity contribution is 5.56. The maximum absolute atomic E-state index is 9.40. The van der Waals surface area contributed by atoms with Crippen molar-refractivity contribution in [3.05, 3.63) is 30.2 Å². The van der Waals surface area contributed by atoms with Crippen LogP contribution < -0.4 is 5.73 Å². The van der Waals surface area contributed by atoms with Crippen molar-refractivity contribution in [1.82, 2.24) is 10.1 Å². The molecule has 1 atom stereocenters. The van der Waals surface area contributed by atoms with Crippen LogP contribution in [0.2, 0.25) is 0 Å². The molecule has 96 valence electrons. The predicted octanol–water partition coefficient (Wildman–Crippen LogP) is 2.63. The molecule has 0 aliphatic heterocycles. The molecule has 2 aromatic rings. The van der Waals surface area contributed by atoms with Crippen molar-refractivity contribution in [2.24, 2.45) is 5.73 Å². The van der Waals surface area contributed by atoms with Crippen molar-refractivity contribution in [3.63, 3.8) is 0 Å². The zero-order valence-electron chi connectivity index (χ0n) is 10.3. The second-order valence-electron chi connectivity index (χ2n) is 4.26. The van der Waals surface area contributed by atoms with Gasteiger partial charge in [-0.25, -0.2) is 0 Å². The van der Waals surface area contributed by atoms with E-state index in [4.69, 9.17) is 10.3 Å². The van der Waals surface area contributed by atoms with Gasteiger partial charge in [0, 0.05) is 5.56 Å². The molecule has 1 heterocycles. The average molecular weight is 247 g/mol. The van der Waals surface area contributed by atoms with Crippen LogP contribution in [-0.4, -0.2) is 15.2 Å². The monoisotopic (exact) mass is 247 g/mol. The van der Waals surface area contributed by atoms with E-state index in [1.807, 2.05) is 6.07 Å². The van der Waals surface area contributed by atoms with E-state index >= 15 is 0 Å². The van der Waals surface area contributed by atoms with E-state index in [9.17, 15) is 5.11 Å². The van der Waals surface area contributed by atoms with Crippen LogP contribution in [0.15, 0.2) is 28.8 Å². The Kier molecular flexibility index (Phi) is 3.94. The van der Waals surface area contributed by atoms with Crippen molar-refractivity contribution in [2.45, 2.75) is 32.2 Å². The lowest BCUT2D eigenvalue weighted by Crippen LogP contribution is -2.10. The van der Waals surface area contributed by atoms with Crippen LogP contribution in [-0.2, 0) is 0 Å². The second kappa shape index (κ2) is 5.64. The number of nitrogens with two attached hydrogens (primary N) is 1. The summed E-state index contributed by atoms with van der Waals surface area (Å²) in [5.74, 6) is 1.07. The van der Waals surface area contributed by atoms with Crippen LogP contribution in [0.25, 0.3) is 11.4 Å². The smallest absolute Gasteiger partial charge is 0.243 e. The molecule has 0 amide bonds. The Hall–Kier alpha value is -1.88. The number of phenols is 1. The molecule has 0 aliphatic carbocycles. The molecule has 18 heavy (non-hydrogen) atoms. The van der Waals surface area contributed by atoms with E-state index in [2.05, 4.69) is 17.1 Å². The molecular formula is C13H17N3O2. The summed E-state index contributed by atoms with van der Waals surface area (Å²) in [5, 5.41) is 13.3. The van der Waals surface area contributed by atoms with Gasteiger partial charge in [0.05, 0.1) is 6.04 Å². The number of hydrogen-bond donors (Lipinski definition) is 2. The highest BCUT2D eigenvalue weighted by Crippen LogP contribution is 2.22. The summed E-state index contributed by atoms with van der Waals surface area (Å²) in [4.78, 5) is 4.26. The molecule has 0 saturated heterocycles. The van der Waals surface area contributed by atoms with Crippen LogP contribution in [0.3, 0.4) is 0 Å². The minimum Gasteiger partial charge on any atom is -0.508 e. The van der Waals surface area contributed by atoms with Gasteiger partial charge in [0.25, 0.3) is 0 Å². The number of benzene rings is 1. The van der Waals surface area contributed by atoms with Crippen LogP contribution in [0.4, 0.5) is 0 Å². The fraction of sp³-hybridized carbons (Fsp3) is 0.385. The quantitative estimate of drug-likeness (QED) is 0.848. The first kappa shape index (κ1) is 12.6. The zero-order valence-corrected chi connectivity index (χ0v) is 10.3. The topological polar surface area (TPSA) is 85.2 Å². The third kappa shape index (κ3) is 2.87. The first-order valence-corrected chi connectivity index (χ1v) is 6.09. The number of aromatic hydroxyl groups is 1. The maximum atomic E-state index is 9.40. The van der Waals surface area contributed by atoms with Crippen molar-refractivity contribution < 1.29 is 9.63 Å². The number of phenolic OH excluding ortho intramolecular Hbond substituents is 1. The highest BCUT2D eigenvalue weighted by atomic mass is 16.5. The Morgan fingerprint density at radius 1 is 1.44 bits per heavy atom. The maximum Gasteiger partial charge on any atom is 0.243 e. The number of unbranched alkanes of at least 4 members (excludes halogenated alkanes) is 1. The number of hydrogen-bond acceptors (Lipinski definition) is 5. The van der Waals surface area contributed by atoms with E-state index in [0.29, 0.717) is 17.3 Å². The van der Waals surface area contributed by atoms with E-state index in [1.165, 1.54) is 0 Å². The van der Waals surface area contributed by atoms with E-state index in [1.54, 1.807) is 18.2 Å². The third-order valence-corrected chi connectivity index (χ3v) is 2.73. The summed E-state index contributed by atoms with van der Waals surface area (Å²) in [6.07, 6.45) is 2.95. The molecule has 0 fully saturated rings. The zero-order chi connectivity index (χ0) is 13.0. The molecule has 0 saturated carbocycles. The summed E-state index contributed by atoms with van der Waals surface area (Å²) < 4.78 is 5.15. The lowest BCUT2D eigenvalue weighted by molar-refractivity contribution is 0.346. The average Bonchev–Trinajstić information content (AvgIpc) is 2.85. The third-order valence-electron chi connectivity index (χ3n) is 2.73. The Labute approximate surface area is 106 Å². The van der Waals surface area contributed by atoms with Gasteiger partial charge in [-0.1, -0.05) is 37.1 Å². The standard InChI is InChI=1S/C13H17N3O2/c1-2-3-7-11(14)13-15-12(16-18-13)9-5-4-6-10(17)8-9/h4-6,8,11,17H,2-3,7,14H2,1H3. The molecule has 5 heteroatoms. The SMILES string of the molecule is CCCCC(N)c1nc(-c2cccc(O)c2)no1. The van der Waals surface area contributed by atoms with Crippen molar-refractivity contribution in [3.8, 4) is 17.1 Å². The Morgan fingerprint density at radius 2 is 2.28 bits per heavy atom. The van der Waals surface area contributed by atoms with Crippen LogP contribution in [0.1, 0.15) is 38.1 Å². The largest absolute Gasteiger partial charge is 0.508 e. The van der Waals surface area contributed by atoms with Gasteiger partial charge in [-0.2, -0.15) is 4.98 Å². The molecule has 1 aromatic heterocycles. The van der Waals surface area contributed by atoms with Crippen LogP contribution in [0.5, 0.6) is 5.75 Å². The summed E-state index contributed by atoms with van der Waals surface area (Å²) in [7, 11) is 0. The van der Waals surface area contributed by atoms with Gasteiger partial charge in [0.15, 0.2) is 0 Å². The molecule has 0 spiro atoms. The molecule has 0 bridgehead atoms. The molecule has 5 nitrogen and oxygen atoms in total. The van der Waals surface area contributed by atoms with E-state index in [0.717, 1.165) is 19.3 Å². The molecule has 0 radical (unpaired) electrons. The second-order valence-corrected chi connectivity index (χ2v) is 4.26. The van der Waals surface area contributed by atoms with Gasteiger partial charge in [-0.15, -0.1) is 0 Å². The fourth-order valence-corrected chi connectivity index (χ4v) is 1.70. The van der Waals surface area contributed by atoms with E-state index < -0.39 is 0 Å². The summed E-state index contributed by atoms with van der Waals surface area (Å²) in [5.41, 5.74) is 6.67. The minimum absolute atomic E-state index is 0.175. The minimum atomic E-state index is -0.219. The fourth-order valence-electron chi connectivity index (χ4n) is 1.70. The summed E-state index contributed by atoms with van der Waals surface area (Å²) in [6, 6.07) is 6.51. The summed E-state index contributed by atoms with van der Waals surface area (Å²) >= 11 is 0. The lowest BCUT2D eigenvalue weighted by atomic mass is 10.1. The Morgan fingerprint density at radius 3 is 3.00 bits per heavy atom. The first-order valence-electron chi connectivity index (χ1n) is 6.09. The van der Waals surface area contributed by atoms with Gasteiger partial charge >= 0.3 is 0 Å². The Bertz CT molecular complexity index is 510. The Balaban J connectivity index is 2.15. The number of nitrogens with zero attached hydrogens (tertiary/aromatic N) is 2.